The van der Waals surface area contributed by atoms with Gasteiger partial charge in [0.15, 0.2) is 0 Å². The summed E-state index contributed by atoms with van der Waals surface area (Å²) in [5, 5.41) is 9.05. The summed E-state index contributed by atoms with van der Waals surface area (Å²) in [5.74, 6) is -0.438. The van der Waals surface area contributed by atoms with Crippen molar-refractivity contribution in [2.24, 2.45) is 16.3 Å². The van der Waals surface area contributed by atoms with Crippen LogP contribution in [0, 0.1) is 5.41 Å². The van der Waals surface area contributed by atoms with Crippen LogP contribution in [0.1, 0.15) is 61.1 Å². The number of amides is 1. The fourth-order valence-electron chi connectivity index (χ4n) is 3.84. The van der Waals surface area contributed by atoms with Crippen LogP contribution in [-0.2, 0) is 16.0 Å². The Hall–Kier alpha value is -2.67. The van der Waals surface area contributed by atoms with Crippen LogP contribution in [-0.4, -0.2) is 34.3 Å². The Morgan fingerprint density at radius 3 is 2.75 bits per heavy atom. The summed E-state index contributed by atoms with van der Waals surface area (Å²) >= 11 is 0. The lowest BCUT2D eigenvalue weighted by Crippen LogP contribution is -2.29. The van der Waals surface area contributed by atoms with E-state index in [-0.39, 0.29) is 11.7 Å². The van der Waals surface area contributed by atoms with Crippen LogP contribution in [0.25, 0.3) is 5.69 Å². The molecule has 7 heteroatoms. The van der Waals surface area contributed by atoms with Crippen molar-refractivity contribution in [1.82, 2.24) is 9.78 Å². The van der Waals surface area contributed by atoms with Gasteiger partial charge in [0.2, 0.25) is 12.2 Å². The van der Waals surface area contributed by atoms with Crippen LogP contribution in [0.2, 0.25) is 0 Å². The molecule has 1 amide bonds. The largest absolute Gasteiger partial charge is 0.366 e. The highest BCUT2D eigenvalue weighted by molar-refractivity contribution is 6.02. The molecule has 2 aromatic rings. The first-order valence-corrected chi connectivity index (χ1v) is 9.75. The molecular formula is C21H26N4O3. The number of nitrogens with zero attached hydrogens (tertiary/aromatic N) is 3. The minimum atomic E-state index is -0.438. The summed E-state index contributed by atoms with van der Waals surface area (Å²) in [7, 11) is 0. The lowest BCUT2D eigenvalue weighted by Gasteiger charge is -2.31. The van der Waals surface area contributed by atoms with Crippen molar-refractivity contribution in [3.63, 3.8) is 0 Å². The van der Waals surface area contributed by atoms with Crippen LogP contribution in [0.4, 0.5) is 0 Å². The van der Waals surface area contributed by atoms with Gasteiger partial charge in [-0.3, -0.25) is 4.79 Å². The first-order valence-electron chi connectivity index (χ1n) is 9.75. The van der Waals surface area contributed by atoms with Gasteiger partial charge in [-0.1, -0.05) is 19.0 Å². The van der Waals surface area contributed by atoms with E-state index in [1.807, 2.05) is 23.0 Å². The Balaban J connectivity index is 1.64. The maximum absolute atomic E-state index is 11.3. The van der Waals surface area contributed by atoms with E-state index in [2.05, 4.69) is 24.1 Å². The number of fused-ring (bicyclic) bond motifs is 1. The molecule has 148 valence electrons. The normalized spacial score (nSPS) is 22.6. The predicted molar refractivity (Wildman–Crippen MR) is 105 cm³/mol. The van der Waals surface area contributed by atoms with Crippen molar-refractivity contribution in [3.05, 3.63) is 47.3 Å². The van der Waals surface area contributed by atoms with Crippen molar-refractivity contribution >= 4 is 11.6 Å². The Kier molecular flexibility index (Phi) is 4.93. The van der Waals surface area contributed by atoms with Gasteiger partial charge in [-0.15, -0.1) is 0 Å². The third-order valence-corrected chi connectivity index (χ3v) is 5.29. The van der Waals surface area contributed by atoms with Gasteiger partial charge in [0.25, 0.3) is 0 Å². The summed E-state index contributed by atoms with van der Waals surface area (Å²) in [6.07, 6.45) is 6.33. The molecule has 0 spiro atoms. The van der Waals surface area contributed by atoms with Crippen LogP contribution in [0.5, 0.6) is 0 Å². The summed E-state index contributed by atoms with van der Waals surface area (Å²) in [4.78, 5) is 17.0. The number of carbonyl (C=O) groups is 1. The standard InChI is InChI=1S/C21H26N4O3/c1-21(2)11-17(24-28-19-5-3-4-10-27-19)16-13-23-25(18(16)12-21)15-8-6-14(7-9-15)20(22)26/h6-9,13,19H,3-5,10-12H2,1-2H3,(H2,22,26)/b24-17-. The molecule has 1 unspecified atom stereocenters. The quantitative estimate of drug-likeness (QED) is 0.822. The minimum Gasteiger partial charge on any atom is -0.366 e. The molecule has 4 rings (SSSR count). The number of hydrogen-bond donors (Lipinski definition) is 1. The number of benzene rings is 1. The zero-order valence-electron chi connectivity index (χ0n) is 16.4. The number of carbonyl (C=O) groups excluding carboxylic acids is 1. The lowest BCUT2D eigenvalue weighted by atomic mass is 9.76. The number of primary amides is 1. The van der Waals surface area contributed by atoms with E-state index < -0.39 is 5.91 Å². The van der Waals surface area contributed by atoms with Gasteiger partial charge in [0.05, 0.1) is 29.9 Å². The van der Waals surface area contributed by atoms with E-state index in [1.54, 1.807) is 12.1 Å². The second kappa shape index (κ2) is 7.39. The second-order valence-electron chi connectivity index (χ2n) is 8.29. The molecule has 2 N–H and O–H groups in total. The summed E-state index contributed by atoms with van der Waals surface area (Å²) < 4.78 is 7.54. The first-order chi connectivity index (χ1) is 13.4. The van der Waals surface area contributed by atoms with Crippen molar-refractivity contribution in [1.29, 1.82) is 0 Å². The highest BCUT2D eigenvalue weighted by Gasteiger charge is 2.33. The van der Waals surface area contributed by atoms with Crippen LogP contribution < -0.4 is 5.73 Å². The van der Waals surface area contributed by atoms with E-state index in [0.717, 1.165) is 61.4 Å². The SMILES string of the molecule is CC1(C)C/C(=N/OC2CCCCO2)c2cnn(-c3ccc(C(N)=O)cc3)c2C1. The fourth-order valence-corrected chi connectivity index (χ4v) is 3.84. The Labute approximate surface area is 164 Å². The topological polar surface area (TPSA) is 91.7 Å². The van der Waals surface area contributed by atoms with Crippen molar-refractivity contribution < 1.29 is 14.4 Å². The number of aromatic nitrogens is 2. The molecule has 7 nitrogen and oxygen atoms in total. The van der Waals surface area contributed by atoms with Crippen molar-refractivity contribution in [3.8, 4) is 5.69 Å². The molecular weight excluding hydrogens is 356 g/mol. The zero-order valence-corrected chi connectivity index (χ0v) is 16.4. The number of rotatable bonds is 4. The van der Waals surface area contributed by atoms with Crippen LogP contribution in [0.3, 0.4) is 0 Å². The van der Waals surface area contributed by atoms with Gasteiger partial charge in [0, 0.05) is 17.5 Å². The number of nitrogens with two attached hydrogens (primary N) is 1. The van der Waals surface area contributed by atoms with Gasteiger partial charge >= 0.3 is 0 Å². The third-order valence-electron chi connectivity index (χ3n) is 5.29. The minimum absolute atomic E-state index is 0.0353. The molecule has 1 aliphatic carbocycles. The van der Waals surface area contributed by atoms with Gasteiger partial charge in [0.1, 0.15) is 0 Å². The first kappa shape index (κ1) is 18.7. The van der Waals surface area contributed by atoms with Crippen LogP contribution >= 0.6 is 0 Å². The molecule has 28 heavy (non-hydrogen) atoms. The molecule has 2 aliphatic rings. The van der Waals surface area contributed by atoms with E-state index in [0.29, 0.717) is 5.56 Å². The molecule has 2 heterocycles. The fraction of sp³-hybridized carbons (Fsp3) is 0.476. The number of hydrogen-bond acceptors (Lipinski definition) is 5. The molecule has 1 aromatic carbocycles. The second-order valence-corrected chi connectivity index (χ2v) is 8.29. The van der Waals surface area contributed by atoms with Gasteiger partial charge < -0.3 is 15.3 Å². The van der Waals surface area contributed by atoms with Crippen molar-refractivity contribution in [2.45, 2.75) is 52.2 Å². The third kappa shape index (κ3) is 3.80. The van der Waals surface area contributed by atoms with E-state index in [9.17, 15) is 4.79 Å². The monoisotopic (exact) mass is 382 g/mol. The smallest absolute Gasteiger partial charge is 0.248 e. The van der Waals surface area contributed by atoms with E-state index in [4.69, 9.17) is 15.3 Å². The van der Waals surface area contributed by atoms with E-state index >= 15 is 0 Å². The summed E-state index contributed by atoms with van der Waals surface area (Å²) in [5.41, 5.74) is 9.75. The molecule has 0 radical (unpaired) electrons. The Morgan fingerprint density at radius 2 is 2.07 bits per heavy atom. The number of ether oxygens (including phenoxy) is 1. The zero-order chi connectivity index (χ0) is 19.7. The molecule has 1 saturated heterocycles. The Bertz CT molecular complexity index is 893. The van der Waals surface area contributed by atoms with Gasteiger partial charge in [-0.25, -0.2) is 4.68 Å². The highest BCUT2D eigenvalue weighted by atomic mass is 16.8. The van der Waals surface area contributed by atoms with Gasteiger partial charge in [-0.05, 0) is 55.4 Å². The van der Waals surface area contributed by atoms with Gasteiger partial charge in [-0.2, -0.15) is 5.10 Å². The highest BCUT2D eigenvalue weighted by Crippen LogP contribution is 2.36. The average molecular weight is 382 g/mol. The van der Waals surface area contributed by atoms with Crippen LogP contribution in [0.15, 0.2) is 35.6 Å². The molecule has 1 atom stereocenters. The molecule has 0 saturated carbocycles. The van der Waals surface area contributed by atoms with E-state index in [1.165, 1.54) is 0 Å². The maximum Gasteiger partial charge on any atom is 0.248 e. The number of oxime groups is 1. The van der Waals surface area contributed by atoms with Crippen molar-refractivity contribution in [2.75, 3.05) is 6.61 Å². The molecule has 1 fully saturated rings. The average Bonchev–Trinajstić information content (AvgIpc) is 3.09. The summed E-state index contributed by atoms with van der Waals surface area (Å²) in [6.45, 7) is 5.16. The Morgan fingerprint density at radius 1 is 1.29 bits per heavy atom. The summed E-state index contributed by atoms with van der Waals surface area (Å²) in [6, 6.07) is 7.16. The molecule has 1 aliphatic heterocycles. The molecule has 0 bridgehead atoms. The predicted octanol–water partition coefficient (Wildman–Crippen LogP) is 3.19. The lowest BCUT2D eigenvalue weighted by molar-refractivity contribution is -0.162. The molecule has 1 aromatic heterocycles. The maximum atomic E-state index is 11.3.